The molecule has 3 N–H and O–H groups in total. The second-order valence-electron chi connectivity index (χ2n) is 8.77. The molecule has 3 amide bonds. The van der Waals surface area contributed by atoms with Gasteiger partial charge in [-0.2, -0.15) is 0 Å². The van der Waals surface area contributed by atoms with Crippen LogP contribution in [0.4, 0.5) is 14.5 Å². The van der Waals surface area contributed by atoms with Crippen molar-refractivity contribution < 1.29 is 32.4 Å². The van der Waals surface area contributed by atoms with Gasteiger partial charge in [0, 0.05) is 43.7 Å². The number of nitrogens with one attached hydrogen (secondary N) is 3. The van der Waals surface area contributed by atoms with Gasteiger partial charge in [-0.1, -0.05) is 0 Å². The van der Waals surface area contributed by atoms with Gasteiger partial charge in [0.2, 0.25) is 5.91 Å². The predicted octanol–water partition coefficient (Wildman–Crippen LogP) is 2.85. The number of carbonyl (C=O) groups is 4. The van der Waals surface area contributed by atoms with Gasteiger partial charge in [0.05, 0.1) is 11.8 Å². The topological polar surface area (TPSA) is 122 Å². The van der Waals surface area contributed by atoms with Crippen LogP contribution in [-0.2, 0) is 16.6 Å². The lowest BCUT2D eigenvalue weighted by Crippen LogP contribution is -2.69. The number of benzene rings is 1. The van der Waals surface area contributed by atoms with Crippen molar-refractivity contribution in [2.24, 2.45) is 7.05 Å². The van der Waals surface area contributed by atoms with Gasteiger partial charge in [-0.3, -0.25) is 19.2 Å². The molecule has 11 heteroatoms. The summed E-state index contributed by atoms with van der Waals surface area (Å²) in [5.41, 5.74) is 0.0116. The molecule has 0 spiro atoms. The van der Waals surface area contributed by atoms with E-state index in [9.17, 15) is 28.0 Å². The number of carbonyl (C=O) groups excluding carboxylic acids is 4. The van der Waals surface area contributed by atoms with Gasteiger partial charge in [-0.05, 0) is 43.7 Å². The van der Waals surface area contributed by atoms with Crippen molar-refractivity contribution in [2.45, 2.75) is 38.2 Å². The highest BCUT2D eigenvalue weighted by molar-refractivity contribution is 6.44. The Bertz CT molecular complexity index is 1380. The predicted molar refractivity (Wildman–Crippen MR) is 123 cm³/mol. The number of rotatable bonds is 6. The number of furan rings is 1. The van der Waals surface area contributed by atoms with Gasteiger partial charge >= 0.3 is 0 Å². The van der Waals surface area contributed by atoms with E-state index in [2.05, 4.69) is 16.0 Å². The smallest absolute Gasteiger partial charge is 0.293 e. The Balaban J connectivity index is 1.58. The van der Waals surface area contributed by atoms with Crippen molar-refractivity contribution in [1.29, 1.82) is 0 Å². The molecule has 9 nitrogen and oxygen atoms in total. The fraction of sp³-hybridized carbons (Fsp3) is 0.333. The molecule has 0 aliphatic heterocycles. The fourth-order valence-electron chi connectivity index (χ4n) is 4.63. The first-order valence-electron chi connectivity index (χ1n) is 10.8. The Morgan fingerprint density at radius 3 is 2.40 bits per heavy atom. The molecule has 3 aromatic rings. The molecular formula is C24H24F2N4O5. The normalized spacial score (nSPS) is 15.8. The second-order valence-corrected chi connectivity index (χ2v) is 8.77. The Morgan fingerprint density at radius 2 is 1.77 bits per heavy atom. The Hall–Kier alpha value is -4.02. The lowest BCUT2D eigenvalue weighted by Gasteiger charge is -2.45. The van der Waals surface area contributed by atoms with Crippen LogP contribution in [0.3, 0.4) is 0 Å². The van der Waals surface area contributed by atoms with Gasteiger partial charge in [0.1, 0.15) is 16.8 Å². The number of anilines is 1. The van der Waals surface area contributed by atoms with Crippen LogP contribution < -0.4 is 16.0 Å². The van der Waals surface area contributed by atoms with Gasteiger partial charge < -0.3 is 24.9 Å². The maximum Gasteiger partial charge on any atom is 0.293 e. The first-order valence-corrected chi connectivity index (χ1v) is 10.8. The number of alkyl halides is 2. The molecule has 184 valence electrons. The van der Waals surface area contributed by atoms with E-state index in [0.717, 1.165) is 5.39 Å². The highest BCUT2D eigenvalue weighted by Gasteiger charge is 2.62. The van der Waals surface area contributed by atoms with E-state index in [-0.39, 0.29) is 16.8 Å². The number of fused-ring (bicyclic) bond motifs is 1. The molecule has 2 heterocycles. The molecular weight excluding hydrogens is 462 g/mol. The summed E-state index contributed by atoms with van der Waals surface area (Å²) in [7, 11) is 2.83. The number of Topliss-reactive ketones (excluding diaryl/α,β-unsaturated/α-hetero) is 1. The molecule has 2 aromatic heterocycles. The third kappa shape index (κ3) is 4.07. The van der Waals surface area contributed by atoms with E-state index in [4.69, 9.17) is 4.42 Å². The summed E-state index contributed by atoms with van der Waals surface area (Å²) in [4.78, 5) is 51.1. The number of hydrogen-bond donors (Lipinski definition) is 3. The SMILES string of the molecule is CNC(=O)C1(NC(=O)C(=O)c2c(C)c(C(=O)Nc3ccc4occc4c3)n(C)c2C)CC(F)(F)C1. The van der Waals surface area contributed by atoms with E-state index in [0.29, 0.717) is 17.0 Å². The zero-order chi connectivity index (χ0) is 25.7. The highest BCUT2D eigenvalue weighted by Crippen LogP contribution is 2.45. The summed E-state index contributed by atoms with van der Waals surface area (Å²) in [5, 5.41) is 8.02. The van der Waals surface area contributed by atoms with Crippen LogP contribution in [0, 0.1) is 13.8 Å². The van der Waals surface area contributed by atoms with Crippen LogP contribution in [0.5, 0.6) is 0 Å². The molecule has 0 unspecified atom stereocenters. The van der Waals surface area contributed by atoms with Crippen molar-refractivity contribution in [3.63, 3.8) is 0 Å². The summed E-state index contributed by atoms with van der Waals surface area (Å²) in [6.07, 6.45) is -0.275. The monoisotopic (exact) mass is 486 g/mol. The molecule has 4 rings (SSSR count). The average molecular weight is 486 g/mol. The van der Waals surface area contributed by atoms with E-state index < -0.39 is 47.8 Å². The summed E-state index contributed by atoms with van der Waals surface area (Å²) < 4.78 is 33.9. The number of nitrogens with zero attached hydrogens (tertiary/aromatic N) is 1. The second kappa shape index (κ2) is 8.33. The van der Waals surface area contributed by atoms with E-state index in [1.807, 2.05) is 0 Å². The minimum atomic E-state index is -3.12. The van der Waals surface area contributed by atoms with Crippen LogP contribution in [0.15, 0.2) is 34.9 Å². The molecule has 0 radical (unpaired) electrons. The molecule has 1 aliphatic rings. The summed E-state index contributed by atoms with van der Waals surface area (Å²) in [6.45, 7) is 3.08. The average Bonchev–Trinajstić information content (AvgIpc) is 3.32. The molecule has 1 fully saturated rings. The van der Waals surface area contributed by atoms with Crippen molar-refractivity contribution in [1.82, 2.24) is 15.2 Å². The zero-order valence-corrected chi connectivity index (χ0v) is 19.5. The number of likely N-dealkylation sites (N-methyl/N-ethyl adjacent to an activating group) is 1. The minimum Gasteiger partial charge on any atom is -0.464 e. The summed E-state index contributed by atoms with van der Waals surface area (Å²) in [5.74, 6) is -6.64. The Morgan fingerprint density at radius 1 is 1.09 bits per heavy atom. The number of halogens is 2. The first-order chi connectivity index (χ1) is 16.4. The van der Waals surface area contributed by atoms with Gasteiger partial charge in [0.25, 0.3) is 23.5 Å². The molecule has 35 heavy (non-hydrogen) atoms. The Kier molecular flexibility index (Phi) is 5.74. The van der Waals surface area contributed by atoms with Crippen molar-refractivity contribution in [3.05, 3.63) is 53.0 Å². The van der Waals surface area contributed by atoms with Crippen LogP contribution in [0.25, 0.3) is 11.0 Å². The van der Waals surface area contributed by atoms with Crippen molar-refractivity contribution >= 4 is 40.2 Å². The van der Waals surface area contributed by atoms with Crippen LogP contribution >= 0.6 is 0 Å². The van der Waals surface area contributed by atoms with Crippen LogP contribution in [0.1, 0.15) is 44.9 Å². The molecule has 0 atom stereocenters. The Labute approximate surface area is 198 Å². The van der Waals surface area contributed by atoms with Gasteiger partial charge in [-0.15, -0.1) is 0 Å². The number of hydrogen-bond acceptors (Lipinski definition) is 5. The number of aromatic nitrogens is 1. The quantitative estimate of drug-likeness (QED) is 0.365. The summed E-state index contributed by atoms with van der Waals surface area (Å²) >= 11 is 0. The third-order valence-corrected chi connectivity index (χ3v) is 6.42. The lowest BCUT2D eigenvalue weighted by atomic mass is 9.72. The number of ketones is 1. The molecule has 1 saturated carbocycles. The van der Waals surface area contributed by atoms with Gasteiger partial charge in [-0.25, -0.2) is 8.78 Å². The minimum absolute atomic E-state index is 0.0291. The maximum absolute atomic E-state index is 13.6. The van der Waals surface area contributed by atoms with E-state index >= 15 is 0 Å². The first kappa shape index (κ1) is 24.1. The largest absolute Gasteiger partial charge is 0.464 e. The molecule has 1 aromatic carbocycles. The van der Waals surface area contributed by atoms with E-state index in [1.165, 1.54) is 24.8 Å². The van der Waals surface area contributed by atoms with Crippen LogP contribution in [-0.4, -0.2) is 46.6 Å². The molecule has 0 bridgehead atoms. The third-order valence-electron chi connectivity index (χ3n) is 6.42. The summed E-state index contributed by atoms with van der Waals surface area (Å²) in [6, 6.07) is 6.86. The molecule has 1 aliphatic carbocycles. The molecule has 0 saturated heterocycles. The van der Waals surface area contributed by atoms with Crippen molar-refractivity contribution in [3.8, 4) is 0 Å². The number of amides is 3. The standard InChI is InChI=1S/C24H24F2N4O5/c1-12-17(19(31)21(33)29-23(22(34)27-3)10-24(25,26)11-23)13(2)30(4)18(12)20(32)28-15-5-6-16-14(9-15)7-8-35-16/h5-9H,10-11H2,1-4H3,(H,27,34)(H,28,32)(H,29,33). The van der Waals surface area contributed by atoms with Gasteiger partial charge in [0.15, 0.2) is 0 Å². The van der Waals surface area contributed by atoms with Crippen LogP contribution in [0.2, 0.25) is 0 Å². The zero-order valence-electron chi connectivity index (χ0n) is 19.5. The highest BCUT2D eigenvalue weighted by atomic mass is 19.3. The lowest BCUT2D eigenvalue weighted by molar-refractivity contribution is -0.164. The van der Waals surface area contributed by atoms with E-state index in [1.54, 1.807) is 38.2 Å². The van der Waals surface area contributed by atoms with Crippen molar-refractivity contribution in [2.75, 3.05) is 12.4 Å². The maximum atomic E-state index is 13.6. The fourth-order valence-corrected chi connectivity index (χ4v) is 4.63.